The van der Waals surface area contributed by atoms with Crippen molar-refractivity contribution >= 4 is 34.8 Å². The van der Waals surface area contributed by atoms with Crippen molar-refractivity contribution in [2.45, 2.75) is 26.2 Å². The van der Waals surface area contributed by atoms with Crippen LogP contribution in [-0.4, -0.2) is 30.9 Å². The van der Waals surface area contributed by atoms with E-state index in [4.69, 9.17) is 4.74 Å². The number of hydrogen-bond acceptors (Lipinski definition) is 5. The number of hydrogen-bond donors (Lipinski definition) is 2. The van der Waals surface area contributed by atoms with E-state index in [1.165, 1.54) is 11.3 Å². The number of ether oxygens (including phenoxy) is 1. The van der Waals surface area contributed by atoms with Gasteiger partial charge in [0.15, 0.2) is 6.61 Å². The number of esters is 1. The Morgan fingerprint density at radius 1 is 1.08 bits per heavy atom. The average molecular weight is 374 g/mol. The summed E-state index contributed by atoms with van der Waals surface area (Å²) in [7, 11) is 0. The molecular weight excluding hydrogens is 352 g/mol. The Bertz CT molecular complexity index is 762. The zero-order chi connectivity index (χ0) is 19.2. The number of carbonyl (C=O) groups excluding carboxylic acids is 3. The largest absolute Gasteiger partial charge is 0.454 e. The van der Waals surface area contributed by atoms with Gasteiger partial charge in [0.2, 0.25) is 0 Å². The fraction of sp³-hybridized carbons (Fsp3) is 0.316. The lowest BCUT2D eigenvalue weighted by atomic mass is 9.87. The lowest BCUT2D eigenvalue weighted by Crippen LogP contribution is -2.31. The zero-order valence-electron chi connectivity index (χ0n) is 15.0. The normalized spacial score (nSPS) is 10.9. The molecule has 138 valence electrons. The van der Waals surface area contributed by atoms with E-state index in [1.807, 2.05) is 24.3 Å². The number of rotatable bonds is 6. The minimum Gasteiger partial charge on any atom is -0.454 e. The topological polar surface area (TPSA) is 84.5 Å². The molecule has 7 heteroatoms. The highest BCUT2D eigenvalue weighted by Gasteiger charge is 2.14. The van der Waals surface area contributed by atoms with E-state index in [0.29, 0.717) is 10.6 Å². The Morgan fingerprint density at radius 3 is 2.35 bits per heavy atom. The predicted octanol–water partition coefficient (Wildman–Crippen LogP) is 2.96. The molecule has 0 spiro atoms. The highest BCUT2D eigenvalue weighted by atomic mass is 32.1. The van der Waals surface area contributed by atoms with E-state index >= 15 is 0 Å². The maximum absolute atomic E-state index is 11.8. The van der Waals surface area contributed by atoms with Gasteiger partial charge < -0.3 is 15.4 Å². The molecule has 0 atom stereocenters. The van der Waals surface area contributed by atoms with Crippen molar-refractivity contribution in [3.05, 3.63) is 52.2 Å². The fourth-order valence-electron chi connectivity index (χ4n) is 2.10. The van der Waals surface area contributed by atoms with Gasteiger partial charge in [-0.1, -0.05) is 39.0 Å². The van der Waals surface area contributed by atoms with Crippen LogP contribution in [0.15, 0.2) is 41.8 Å². The highest BCUT2D eigenvalue weighted by molar-refractivity contribution is 7.12. The van der Waals surface area contributed by atoms with Crippen LogP contribution in [0.3, 0.4) is 0 Å². The van der Waals surface area contributed by atoms with Gasteiger partial charge in [-0.2, -0.15) is 0 Å². The number of anilines is 1. The van der Waals surface area contributed by atoms with E-state index in [2.05, 4.69) is 31.4 Å². The molecule has 1 heterocycles. The van der Waals surface area contributed by atoms with Crippen LogP contribution in [0.25, 0.3) is 0 Å². The monoisotopic (exact) mass is 374 g/mol. The SMILES string of the molecule is CC(C)(C)c1ccc(NC(=O)COC(=O)CNC(=O)c2cccs2)cc1. The lowest BCUT2D eigenvalue weighted by molar-refractivity contribution is -0.146. The summed E-state index contributed by atoms with van der Waals surface area (Å²) in [4.78, 5) is 35.7. The first-order valence-corrected chi connectivity index (χ1v) is 9.01. The number of carbonyl (C=O) groups is 3. The number of amides is 2. The third-order valence-corrected chi connectivity index (χ3v) is 4.41. The van der Waals surface area contributed by atoms with Gasteiger partial charge in [0.1, 0.15) is 6.54 Å². The first-order chi connectivity index (χ1) is 12.3. The first kappa shape index (κ1) is 19.7. The highest BCUT2D eigenvalue weighted by Crippen LogP contribution is 2.23. The van der Waals surface area contributed by atoms with Gasteiger partial charge in [0.05, 0.1) is 4.88 Å². The van der Waals surface area contributed by atoms with E-state index in [0.717, 1.165) is 5.56 Å². The second-order valence-electron chi connectivity index (χ2n) is 6.70. The van der Waals surface area contributed by atoms with E-state index in [9.17, 15) is 14.4 Å². The smallest absolute Gasteiger partial charge is 0.325 e. The molecule has 0 unspecified atom stereocenters. The Morgan fingerprint density at radius 2 is 1.77 bits per heavy atom. The van der Waals surface area contributed by atoms with Crippen molar-refractivity contribution in [3.8, 4) is 0 Å². The van der Waals surface area contributed by atoms with Crippen LogP contribution in [-0.2, 0) is 19.7 Å². The first-order valence-electron chi connectivity index (χ1n) is 8.13. The summed E-state index contributed by atoms with van der Waals surface area (Å²) in [5, 5.41) is 6.87. The summed E-state index contributed by atoms with van der Waals surface area (Å²) in [6.45, 7) is 5.63. The van der Waals surface area contributed by atoms with Crippen LogP contribution in [0.2, 0.25) is 0 Å². The number of thiophene rings is 1. The third kappa shape index (κ3) is 6.00. The van der Waals surface area contributed by atoms with Gasteiger partial charge in [-0.3, -0.25) is 14.4 Å². The molecule has 0 aliphatic heterocycles. The molecule has 26 heavy (non-hydrogen) atoms. The summed E-state index contributed by atoms with van der Waals surface area (Å²) in [6, 6.07) is 10.9. The van der Waals surface area contributed by atoms with E-state index in [-0.39, 0.29) is 17.9 Å². The summed E-state index contributed by atoms with van der Waals surface area (Å²) in [5.41, 5.74) is 1.82. The summed E-state index contributed by atoms with van der Waals surface area (Å²) in [6.07, 6.45) is 0. The van der Waals surface area contributed by atoms with Gasteiger partial charge in [-0.15, -0.1) is 11.3 Å². The molecule has 0 bridgehead atoms. The molecule has 2 amide bonds. The van der Waals surface area contributed by atoms with Crippen LogP contribution in [0.5, 0.6) is 0 Å². The van der Waals surface area contributed by atoms with Crippen molar-refractivity contribution in [1.82, 2.24) is 5.32 Å². The second-order valence-corrected chi connectivity index (χ2v) is 7.64. The molecule has 2 rings (SSSR count). The van der Waals surface area contributed by atoms with Crippen molar-refractivity contribution in [3.63, 3.8) is 0 Å². The molecule has 0 radical (unpaired) electrons. The molecule has 2 N–H and O–H groups in total. The quantitative estimate of drug-likeness (QED) is 0.762. The Hall–Kier alpha value is -2.67. The van der Waals surface area contributed by atoms with Crippen molar-refractivity contribution in [1.29, 1.82) is 0 Å². The van der Waals surface area contributed by atoms with Gasteiger partial charge in [-0.05, 0) is 34.6 Å². The summed E-state index contributed by atoms with van der Waals surface area (Å²) < 4.78 is 4.86. The zero-order valence-corrected chi connectivity index (χ0v) is 15.8. The second kappa shape index (κ2) is 8.62. The molecule has 6 nitrogen and oxygen atoms in total. The molecule has 0 saturated carbocycles. The molecular formula is C19H22N2O4S. The Balaban J connectivity index is 1.72. The van der Waals surface area contributed by atoms with Crippen LogP contribution in [0.4, 0.5) is 5.69 Å². The average Bonchev–Trinajstić information content (AvgIpc) is 3.12. The fourth-order valence-corrected chi connectivity index (χ4v) is 2.74. The molecule has 1 aromatic heterocycles. The third-order valence-electron chi connectivity index (χ3n) is 3.54. The van der Waals surface area contributed by atoms with Crippen LogP contribution in [0.1, 0.15) is 36.0 Å². The van der Waals surface area contributed by atoms with Gasteiger partial charge in [-0.25, -0.2) is 0 Å². The van der Waals surface area contributed by atoms with Crippen LogP contribution < -0.4 is 10.6 Å². The summed E-state index contributed by atoms with van der Waals surface area (Å²) >= 11 is 1.28. The van der Waals surface area contributed by atoms with Gasteiger partial charge >= 0.3 is 5.97 Å². The molecule has 2 aromatic rings. The van der Waals surface area contributed by atoms with Gasteiger partial charge in [0, 0.05) is 5.69 Å². The number of benzene rings is 1. The standard InChI is InChI=1S/C19H22N2O4S/c1-19(2,3)13-6-8-14(9-7-13)21-16(22)12-25-17(23)11-20-18(24)15-5-4-10-26-15/h4-10H,11-12H2,1-3H3,(H,20,24)(H,21,22). The molecule has 0 fully saturated rings. The van der Waals surface area contributed by atoms with Gasteiger partial charge in [0.25, 0.3) is 11.8 Å². The van der Waals surface area contributed by atoms with Crippen LogP contribution in [0, 0.1) is 0 Å². The molecule has 0 aliphatic rings. The minimum atomic E-state index is -0.673. The van der Waals surface area contributed by atoms with E-state index < -0.39 is 18.5 Å². The molecule has 0 aliphatic carbocycles. The minimum absolute atomic E-state index is 0.0333. The van der Waals surface area contributed by atoms with Crippen molar-refractivity contribution < 1.29 is 19.1 Å². The lowest BCUT2D eigenvalue weighted by Gasteiger charge is -2.19. The Labute approximate surface area is 156 Å². The molecule has 0 saturated heterocycles. The Kier molecular flexibility index (Phi) is 6.52. The van der Waals surface area contributed by atoms with Crippen molar-refractivity contribution in [2.24, 2.45) is 0 Å². The van der Waals surface area contributed by atoms with Crippen molar-refractivity contribution in [2.75, 3.05) is 18.5 Å². The maximum atomic E-state index is 11.8. The predicted molar refractivity (Wildman–Crippen MR) is 101 cm³/mol. The van der Waals surface area contributed by atoms with Crippen LogP contribution >= 0.6 is 11.3 Å². The van der Waals surface area contributed by atoms with E-state index in [1.54, 1.807) is 17.5 Å². The molecule has 1 aromatic carbocycles. The summed E-state index contributed by atoms with van der Waals surface area (Å²) in [5.74, 6) is -1.46. The maximum Gasteiger partial charge on any atom is 0.325 e. The number of nitrogens with one attached hydrogen (secondary N) is 2.